The second-order valence-corrected chi connectivity index (χ2v) is 2.77. The number of amidine groups is 1. The Kier molecular flexibility index (Phi) is 2.65. The van der Waals surface area contributed by atoms with Gasteiger partial charge in [-0.05, 0) is 14.0 Å². The summed E-state index contributed by atoms with van der Waals surface area (Å²) in [7, 11) is 1.81. The van der Waals surface area contributed by atoms with E-state index in [4.69, 9.17) is 5.11 Å². The molecule has 0 saturated heterocycles. The molecule has 1 heterocycles. The Morgan fingerprint density at radius 3 is 3.00 bits per heavy atom. The van der Waals surface area contributed by atoms with E-state index in [0.717, 1.165) is 5.84 Å². The normalized spacial score (nSPS) is 24.5. The van der Waals surface area contributed by atoms with E-state index >= 15 is 0 Å². The monoisotopic (exact) mass is 171 g/mol. The van der Waals surface area contributed by atoms with Crippen LogP contribution in [-0.4, -0.2) is 42.6 Å². The molecular formula is C7H13N3O2. The summed E-state index contributed by atoms with van der Waals surface area (Å²) in [6.07, 6.45) is 0. The topological polar surface area (TPSA) is 73.7 Å². The lowest BCUT2D eigenvalue weighted by atomic mass is 10.3. The first-order valence-electron chi connectivity index (χ1n) is 3.86. The van der Waals surface area contributed by atoms with Crippen molar-refractivity contribution in [3.05, 3.63) is 0 Å². The Morgan fingerprint density at radius 1 is 1.92 bits per heavy atom. The van der Waals surface area contributed by atoms with Gasteiger partial charge in [0.1, 0.15) is 11.9 Å². The first-order valence-corrected chi connectivity index (χ1v) is 3.86. The van der Waals surface area contributed by atoms with E-state index in [-0.39, 0.29) is 6.04 Å². The number of carboxylic acids is 1. The lowest BCUT2D eigenvalue weighted by Gasteiger charge is -2.12. The van der Waals surface area contributed by atoms with Gasteiger partial charge in [-0.1, -0.05) is 0 Å². The number of hydrogen-bond donors (Lipinski definition) is 3. The fourth-order valence-corrected chi connectivity index (χ4v) is 0.998. The zero-order valence-corrected chi connectivity index (χ0v) is 7.16. The van der Waals surface area contributed by atoms with Crippen molar-refractivity contribution in [1.82, 2.24) is 10.6 Å². The van der Waals surface area contributed by atoms with Crippen LogP contribution in [0.25, 0.3) is 0 Å². The predicted octanol–water partition coefficient (Wildman–Crippen LogP) is -0.951. The van der Waals surface area contributed by atoms with Gasteiger partial charge >= 0.3 is 5.97 Å². The molecule has 0 fully saturated rings. The molecular weight excluding hydrogens is 158 g/mol. The van der Waals surface area contributed by atoms with Crippen LogP contribution in [0.2, 0.25) is 0 Å². The Bertz CT molecular complexity index is 215. The highest BCUT2D eigenvalue weighted by molar-refractivity contribution is 5.93. The molecule has 68 valence electrons. The van der Waals surface area contributed by atoms with E-state index in [1.165, 1.54) is 0 Å². The molecule has 2 atom stereocenters. The minimum absolute atomic E-state index is 0.0920. The quantitative estimate of drug-likeness (QED) is 0.512. The van der Waals surface area contributed by atoms with Crippen molar-refractivity contribution in [2.45, 2.75) is 19.0 Å². The lowest BCUT2D eigenvalue weighted by molar-refractivity contribution is -0.138. The van der Waals surface area contributed by atoms with E-state index < -0.39 is 12.0 Å². The third-order valence-corrected chi connectivity index (χ3v) is 1.91. The molecule has 5 nitrogen and oxygen atoms in total. The number of nitrogens with one attached hydrogen (secondary N) is 2. The summed E-state index contributed by atoms with van der Waals surface area (Å²) in [5.41, 5.74) is 0. The molecule has 0 aromatic rings. The Balaban J connectivity index is 2.48. The van der Waals surface area contributed by atoms with Crippen molar-refractivity contribution in [2.24, 2.45) is 4.99 Å². The SMILES string of the molecule is CNC(C)C1=NCC(C(=O)O)N1. The molecule has 0 spiro atoms. The zero-order chi connectivity index (χ0) is 9.14. The van der Waals surface area contributed by atoms with Gasteiger partial charge in [-0.3, -0.25) is 4.99 Å². The Hall–Kier alpha value is -1.10. The Morgan fingerprint density at radius 2 is 2.58 bits per heavy atom. The standard InChI is InChI=1S/C7H13N3O2/c1-4(8-2)6-9-3-5(10-6)7(11)12/h4-5,8H,3H2,1-2H3,(H,9,10)(H,11,12). The maximum absolute atomic E-state index is 10.5. The maximum Gasteiger partial charge on any atom is 0.328 e. The summed E-state index contributed by atoms with van der Waals surface area (Å²) in [6, 6.07) is -0.454. The number of aliphatic imine (C=N–C) groups is 1. The largest absolute Gasteiger partial charge is 0.480 e. The predicted molar refractivity (Wildman–Crippen MR) is 45.4 cm³/mol. The van der Waals surface area contributed by atoms with E-state index in [1.54, 1.807) is 0 Å². The molecule has 1 rings (SSSR count). The number of rotatable bonds is 3. The third-order valence-electron chi connectivity index (χ3n) is 1.91. The Labute approximate surface area is 70.9 Å². The van der Waals surface area contributed by atoms with Crippen LogP contribution in [0, 0.1) is 0 Å². The van der Waals surface area contributed by atoms with Crippen LogP contribution in [0.1, 0.15) is 6.92 Å². The second kappa shape index (κ2) is 3.53. The highest BCUT2D eigenvalue weighted by Crippen LogP contribution is 1.98. The van der Waals surface area contributed by atoms with Crippen LogP contribution in [0.4, 0.5) is 0 Å². The summed E-state index contributed by atoms with van der Waals surface area (Å²) in [5, 5.41) is 14.4. The maximum atomic E-state index is 10.5. The molecule has 1 aliphatic heterocycles. The molecule has 12 heavy (non-hydrogen) atoms. The van der Waals surface area contributed by atoms with E-state index in [0.29, 0.717) is 6.54 Å². The van der Waals surface area contributed by atoms with E-state index in [9.17, 15) is 4.79 Å². The molecule has 0 aromatic carbocycles. The molecule has 1 aliphatic rings. The minimum Gasteiger partial charge on any atom is -0.480 e. The van der Waals surface area contributed by atoms with Gasteiger partial charge in [0.2, 0.25) is 0 Å². The van der Waals surface area contributed by atoms with Crippen molar-refractivity contribution < 1.29 is 9.90 Å². The summed E-state index contributed by atoms with van der Waals surface area (Å²) >= 11 is 0. The van der Waals surface area contributed by atoms with Gasteiger partial charge in [-0.15, -0.1) is 0 Å². The van der Waals surface area contributed by atoms with Crippen molar-refractivity contribution in [1.29, 1.82) is 0 Å². The summed E-state index contributed by atoms with van der Waals surface area (Å²) in [4.78, 5) is 14.6. The summed E-state index contributed by atoms with van der Waals surface area (Å²) < 4.78 is 0. The first kappa shape index (κ1) is 8.99. The van der Waals surface area contributed by atoms with E-state index in [1.807, 2.05) is 14.0 Å². The van der Waals surface area contributed by atoms with Gasteiger partial charge < -0.3 is 15.7 Å². The zero-order valence-electron chi connectivity index (χ0n) is 7.16. The van der Waals surface area contributed by atoms with Crippen molar-refractivity contribution in [3.8, 4) is 0 Å². The molecule has 0 aliphatic carbocycles. The van der Waals surface area contributed by atoms with Crippen LogP contribution in [0.5, 0.6) is 0 Å². The second-order valence-electron chi connectivity index (χ2n) is 2.77. The minimum atomic E-state index is -0.850. The molecule has 5 heteroatoms. The van der Waals surface area contributed by atoms with Gasteiger partial charge in [0, 0.05) is 0 Å². The molecule has 0 saturated carbocycles. The van der Waals surface area contributed by atoms with Crippen LogP contribution in [0.3, 0.4) is 0 Å². The molecule has 0 amide bonds. The molecule has 2 unspecified atom stereocenters. The number of likely N-dealkylation sites (N-methyl/N-ethyl adjacent to an activating group) is 1. The van der Waals surface area contributed by atoms with Crippen molar-refractivity contribution >= 4 is 11.8 Å². The fourth-order valence-electron chi connectivity index (χ4n) is 0.998. The molecule has 0 aromatic heterocycles. The number of carbonyl (C=O) groups is 1. The fraction of sp³-hybridized carbons (Fsp3) is 0.714. The van der Waals surface area contributed by atoms with Gasteiger partial charge in [0.05, 0.1) is 12.6 Å². The first-order chi connectivity index (χ1) is 5.65. The van der Waals surface area contributed by atoms with Crippen LogP contribution in [0.15, 0.2) is 4.99 Å². The van der Waals surface area contributed by atoms with Crippen LogP contribution in [-0.2, 0) is 4.79 Å². The van der Waals surface area contributed by atoms with Crippen molar-refractivity contribution in [3.63, 3.8) is 0 Å². The molecule has 3 N–H and O–H groups in total. The van der Waals surface area contributed by atoms with Gasteiger partial charge in [0.15, 0.2) is 0 Å². The van der Waals surface area contributed by atoms with Gasteiger partial charge in [0.25, 0.3) is 0 Å². The van der Waals surface area contributed by atoms with Gasteiger partial charge in [-0.25, -0.2) is 4.79 Å². The third kappa shape index (κ3) is 1.73. The smallest absolute Gasteiger partial charge is 0.328 e. The average Bonchev–Trinajstić information content (AvgIpc) is 2.51. The van der Waals surface area contributed by atoms with Gasteiger partial charge in [-0.2, -0.15) is 0 Å². The van der Waals surface area contributed by atoms with Crippen molar-refractivity contribution in [2.75, 3.05) is 13.6 Å². The number of carboxylic acid groups (broad SMARTS) is 1. The van der Waals surface area contributed by atoms with E-state index in [2.05, 4.69) is 15.6 Å². The highest BCUT2D eigenvalue weighted by atomic mass is 16.4. The molecule has 0 bridgehead atoms. The summed E-state index contributed by atoms with van der Waals surface area (Å²) in [6.45, 7) is 2.26. The average molecular weight is 171 g/mol. The highest BCUT2D eigenvalue weighted by Gasteiger charge is 2.25. The lowest BCUT2D eigenvalue weighted by Crippen LogP contribution is -2.44. The number of nitrogens with zero attached hydrogens (tertiary/aromatic N) is 1. The number of hydrogen-bond acceptors (Lipinski definition) is 4. The van der Waals surface area contributed by atoms with Crippen LogP contribution >= 0.6 is 0 Å². The number of aliphatic carboxylic acids is 1. The summed E-state index contributed by atoms with van der Waals surface area (Å²) in [5.74, 6) is -0.123. The molecule has 0 radical (unpaired) electrons. The van der Waals surface area contributed by atoms with Crippen LogP contribution < -0.4 is 10.6 Å².